The first-order valence-corrected chi connectivity index (χ1v) is 9.91. The van der Waals surface area contributed by atoms with Gasteiger partial charge in [0.1, 0.15) is 28.6 Å². The number of hydrogen-bond acceptors (Lipinski definition) is 6. The minimum absolute atomic E-state index is 0.0105. The van der Waals surface area contributed by atoms with Crippen molar-refractivity contribution in [2.75, 3.05) is 13.2 Å². The van der Waals surface area contributed by atoms with Crippen molar-refractivity contribution in [3.63, 3.8) is 0 Å². The van der Waals surface area contributed by atoms with Gasteiger partial charge in [0.05, 0.1) is 6.10 Å². The molecule has 3 heterocycles. The van der Waals surface area contributed by atoms with Crippen molar-refractivity contribution in [1.82, 2.24) is 14.7 Å². The van der Waals surface area contributed by atoms with E-state index in [9.17, 15) is 14.9 Å². The maximum Gasteiger partial charge on any atom is 0.269 e. The summed E-state index contributed by atoms with van der Waals surface area (Å²) in [7, 11) is 0. The van der Waals surface area contributed by atoms with E-state index in [2.05, 4.69) is 10.3 Å². The van der Waals surface area contributed by atoms with E-state index < -0.39 is 11.5 Å². The molecule has 1 fully saturated rings. The summed E-state index contributed by atoms with van der Waals surface area (Å²) in [5, 5.41) is 12.3. The van der Waals surface area contributed by atoms with Crippen molar-refractivity contribution >= 4 is 17.6 Å². The van der Waals surface area contributed by atoms with Crippen LogP contribution in [0.25, 0.3) is 11.7 Å². The Bertz CT molecular complexity index is 1220. The molecule has 8 nitrogen and oxygen atoms in total. The maximum absolute atomic E-state index is 13.1. The lowest BCUT2D eigenvalue weighted by atomic mass is 10.1. The predicted molar refractivity (Wildman–Crippen MR) is 114 cm³/mol. The average molecular weight is 416 g/mol. The number of nitrogens with zero attached hydrogens (tertiary/aromatic N) is 3. The molecule has 0 bridgehead atoms. The molecule has 1 aromatic carbocycles. The summed E-state index contributed by atoms with van der Waals surface area (Å²) in [4.78, 5) is 30.1. The number of carbonyl (C=O) groups is 1. The van der Waals surface area contributed by atoms with E-state index in [4.69, 9.17) is 9.47 Å². The second-order valence-corrected chi connectivity index (χ2v) is 6.99. The summed E-state index contributed by atoms with van der Waals surface area (Å²) in [5.41, 5.74) is -0.268. The normalized spacial score (nSPS) is 16.1. The highest BCUT2D eigenvalue weighted by atomic mass is 16.5. The highest BCUT2D eigenvalue weighted by Crippen LogP contribution is 2.23. The number of carbonyl (C=O) groups excluding carboxylic acids is 1. The first-order valence-electron chi connectivity index (χ1n) is 9.91. The van der Waals surface area contributed by atoms with Gasteiger partial charge in [-0.3, -0.25) is 14.0 Å². The van der Waals surface area contributed by atoms with Crippen LogP contribution in [0.1, 0.15) is 18.4 Å². The molecule has 0 radical (unpaired) electrons. The Morgan fingerprint density at radius 3 is 2.84 bits per heavy atom. The van der Waals surface area contributed by atoms with Gasteiger partial charge in [-0.25, -0.2) is 0 Å². The van der Waals surface area contributed by atoms with Gasteiger partial charge in [-0.2, -0.15) is 10.2 Å². The van der Waals surface area contributed by atoms with E-state index in [0.29, 0.717) is 24.5 Å². The van der Waals surface area contributed by atoms with Gasteiger partial charge in [-0.05, 0) is 43.2 Å². The fraction of sp³-hybridized carbons (Fsp3) is 0.217. The lowest BCUT2D eigenvalue weighted by Gasteiger charge is -2.11. The highest BCUT2D eigenvalue weighted by Gasteiger charge is 2.20. The minimum Gasteiger partial charge on any atom is -0.438 e. The zero-order chi connectivity index (χ0) is 21.6. The Balaban J connectivity index is 1.72. The van der Waals surface area contributed by atoms with Gasteiger partial charge in [0.25, 0.3) is 11.5 Å². The summed E-state index contributed by atoms with van der Waals surface area (Å²) >= 11 is 0. The largest absolute Gasteiger partial charge is 0.438 e. The predicted octanol–water partition coefficient (Wildman–Crippen LogP) is 2.69. The number of hydrogen-bond donors (Lipinski definition) is 1. The van der Waals surface area contributed by atoms with Crippen LogP contribution in [0.5, 0.6) is 11.6 Å². The van der Waals surface area contributed by atoms with E-state index in [1.807, 2.05) is 12.1 Å². The molecule has 1 N–H and O–H groups in total. The van der Waals surface area contributed by atoms with E-state index in [1.165, 1.54) is 10.5 Å². The molecule has 1 unspecified atom stereocenters. The molecule has 1 saturated heterocycles. The van der Waals surface area contributed by atoms with Crippen molar-refractivity contribution in [2.45, 2.75) is 18.9 Å². The fourth-order valence-corrected chi connectivity index (χ4v) is 3.28. The zero-order valence-corrected chi connectivity index (χ0v) is 16.7. The third-order valence-electron chi connectivity index (χ3n) is 4.86. The van der Waals surface area contributed by atoms with Crippen LogP contribution in [0.3, 0.4) is 0 Å². The number of ether oxygens (including phenoxy) is 2. The number of amides is 1. The van der Waals surface area contributed by atoms with Gasteiger partial charge < -0.3 is 14.8 Å². The van der Waals surface area contributed by atoms with Gasteiger partial charge in [0.2, 0.25) is 5.88 Å². The molecule has 0 spiro atoms. The monoisotopic (exact) mass is 416 g/mol. The molecule has 2 aromatic heterocycles. The van der Waals surface area contributed by atoms with Crippen molar-refractivity contribution in [1.29, 1.82) is 5.26 Å². The molecule has 156 valence electrons. The second kappa shape index (κ2) is 9.24. The topological polar surface area (TPSA) is 106 Å². The van der Waals surface area contributed by atoms with Crippen LogP contribution < -0.4 is 15.6 Å². The molecular weight excluding hydrogens is 396 g/mol. The van der Waals surface area contributed by atoms with E-state index in [-0.39, 0.29) is 23.1 Å². The van der Waals surface area contributed by atoms with E-state index >= 15 is 0 Å². The molecule has 1 aliphatic heterocycles. The second-order valence-electron chi connectivity index (χ2n) is 6.99. The molecule has 1 amide bonds. The number of aromatic nitrogens is 2. The van der Waals surface area contributed by atoms with Crippen LogP contribution in [-0.2, 0) is 9.53 Å². The van der Waals surface area contributed by atoms with Gasteiger partial charge in [-0.1, -0.05) is 24.3 Å². The summed E-state index contributed by atoms with van der Waals surface area (Å²) < 4.78 is 12.7. The first-order chi connectivity index (χ1) is 15.2. The SMILES string of the molecule is N#C/C(=C\c1c(Oc2ccccc2)nc2ccccn2c1=O)C(=O)NCC1CCCO1. The number of benzene rings is 1. The molecule has 1 aliphatic rings. The standard InChI is InChI=1S/C23H20N4O4/c24-14-16(21(28)25-15-18-9-6-12-30-18)13-19-22(31-17-7-2-1-3-8-17)26-20-10-4-5-11-27(20)23(19)29/h1-5,7-8,10-11,13,18H,6,9,12,15H2,(H,25,28)/b16-13+. The first kappa shape index (κ1) is 20.3. The quantitative estimate of drug-likeness (QED) is 0.489. The van der Waals surface area contributed by atoms with Crippen molar-refractivity contribution in [2.24, 2.45) is 0 Å². The zero-order valence-electron chi connectivity index (χ0n) is 16.7. The fourth-order valence-electron chi connectivity index (χ4n) is 3.28. The van der Waals surface area contributed by atoms with Crippen LogP contribution in [-0.4, -0.2) is 34.5 Å². The van der Waals surface area contributed by atoms with Gasteiger partial charge in [-0.15, -0.1) is 0 Å². The number of para-hydroxylation sites is 1. The summed E-state index contributed by atoms with van der Waals surface area (Å²) in [5.74, 6) is -0.0889. The molecular formula is C23H20N4O4. The third kappa shape index (κ3) is 4.63. The number of rotatable bonds is 6. The Morgan fingerprint density at radius 1 is 1.29 bits per heavy atom. The lowest BCUT2D eigenvalue weighted by molar-refractivity contribution is -0.117. The Morgan fingerprint density at radius 2 is 2.10 bits per heavy atom. The highest BCUT2D eigenvalue weighted by molar-refractivity contribution is 6.01. The molecule has 0 saturated carbocycles. The molecule has 3 aromatic rings. The molecule has 1 atom stereocenters. The van der Waals surface area contributed by atoms with Gasteiger partial charge in [0.15, 0.2) is 0 Å². The lowest BCUT2D eigenvalue weighted by Crippen LogP contribution is -2.32. The maximum atomic E-state index is 13.1. The van der Waals surface area contributed by atoms with Gasteiger partial charge in [0, 0.05) is 19.3 Å². The number of fused-ring (bicyclic) bond motifs is 1. The van der Waals surface area contributed by atoms with E-state index in [1.54, 1.807) is 48.7 Å². The van der Waals surface area contributed by atoms with Crippen LogP contribution >= 0.6 is 0 Å². The summed E-state index contributed by atoms with van der Waals surface area (Å²) in [6, 6.07) is 15.9. The Labute approximate surface area is 178 Å². The molecule has 31 heavy (non-hydrogen) atoms. The number of nitriles is 1. The van der Waals surface area contributed by atoms with Gasteiger partial charge >= 0.3 is 0 Å². The molecule has 4 rings (SSSR count). The van der Waals surface area contributed by atoms with Crippen molar-refractivity contribution in [3.05, 3.63) is 76.2 Å². The minimum atomic E-state index is -0.582. The van der Waals surface area contributed by atoms with Crippen LogP contribution in [0.4, 0.5) is 0 Å². The smallest absolute Gasteiger partial charge is 0.269 e. The van der Waals surface area contributed by atoms with Crippen LogP contribution in [0.2, 0.25) is 0 Å². The Hall–Kier alpha value is -3.96. The Kier molecular flexibility index (Phi) is 6.05. The van der Waals surface area contributed by atoms with Crippen LogP contribution in [0.15, 0.2) is 65.1 Å². The van der Waals surface area contributed by atoms with Crippen molar-refractivity contribution < 1.29 is 14.3 Å². The number of pyridine rings is 1. The van der Waals surface area contributed by atoms with Crippen molar-refractivity contribution in [3.8, 4) is 17.7 Å². The van der Waals surface area contributed by atoms with E-state index in [0.717, 1.165) is 12.8 Å². The molecule has 0 aliphatic carbocycles. The molecule has 8 heteroatoms. The summed E-state index contributed by atoms with van der Waals surface area (Å²) in [6.07, 6.45) is 4.53. The third-order valence-corrected chi connectivity index (χ3v) is 4.86. The average Bonchev–Trinajstić information content (AvgIpc) is 3.32. The van der Waals surface area contributed by atoms with Crippen LogP contribution in [0, 0.1) is 11.3 Å². The summed E-state index contributed by atoms with van der Waals surface area (Å²) in [6.45, 7) is 0.974. The number of nitrogens with one attached hydrogen (secondary N) is 1.